The number of hydrogen-bond acceptors (Lipinski definition) is 5. The Labute approximate surface area is 95.6 Å². The third kappa shape index (κ3) is 2.54. The molecule has 0 saturated carbocycles. The number of aromatic carboxylic acids is 1. The fourth-order valence-corrected chi connectivity index (χ4v) is 1.73. The van der Waals surface area contributed by atoms with Crippen LogP contribution in [0, 0.1) is 0 Å². The number of carboxylic acid groups (broad SMARTS) is 1. The number of pyridine rings is 1. The summed E-state index contributed by atoms with van der Waals surface area (Å²) in [6.07, 6.45) is 3.24. The summed E-state index contributed by atoms with van der Waals surface area (Å²) in [7, 11) is 0. The van der Waals surface area contributed by atoms with Crippen molar-refractivity contribution in [3.8, 4) is 0 Å². The molecule has 0 saturated heterocycles. The van der Waals surface area contributed by atoms with Crippen LogP contribution in [-0.2, 0) is 0 Å². The summed E-state index contributed by atoms with van der Waals surface area (Å²) in [6, 6.07) is 6.51. The van der Waals surface area contributed by atoms with E-state index in [-0.39, 0.29) is 5.69 Å². The van der Waals surface area contributed by atoms with Crippen molar-refractivity contribution in [3.05, 3.63) is 42.4 Å². The molecule has 80 valence electrons. The van der Waals surface area contributed by atoms with Gasteiger partial charge in [0.15, 0.2) is 5.16 Å². The van der Waals surface area contributed by atoms with E-state index in [1.54, 1.807) is 30.6 Å². The summed E-state index contributed by atoms with van der Waals surface area (Å²) in [4.78, 5) is 22.7. The summed E-state index contributed by atoms with van der Waals surface area (Å²) in [5, 5.41) is 9.87. The van der Waals surface area contributed by atoms with E-state index >= 15 is 0 Å². The first-order valence-electron chi connectivity index (χ1n) is 4.41. The molecule has 0 aliphatic carbocycles. The van der Waals surface area contributed by atoms with Crippen LogP contribution in [0.15, 0.2) is 46.8 Å². The fraction of sp³-hybridized carbons (Fsp3) is 0. The van der Waals surface area contributed by atoms with Gasteiger partial charge < -0.3 is 5.11 Å². The molecule has 1 N–H and O–H groups in total. The van der Waals surface area contributed by atoms with Gasteiger partial charge in [-0.3, -0.25) is 0 Å². The molecule has 0 aliphatic heterocycles. The van der Waals surface area contributed by atoms with Crippen LogP contribution >= 0.6 is 11.8 Å². The molecule has 0 radical (unpaired) electrons. The Hall–Kier alpha value is -1.95. The van der Waals surface area contributed by atoms with Crippen LogP contribution in [0.4, 0.5) is 0 Å². The van der Waals surface area contributed by atoms with Gasteiger partial charge in [0.25, 0.3) is 0 Å². The van der Waals surface area contributed by atoms with Gasteiger partial charge in [-0.2, -0.15) is 0 Å². The molecule has 16 heavy (non-hydrogen) atoms. The van der Waals surface area contributed by atoms with Gasteiger partial charge in [-0.05, 0) is 30.0 Å². The number of aromatic nitrogens is 3. The SMILES string of the molecule is O=C(O)c1cccc(Sc2ncccn2)n1. The maximum atomic E-state index is 10.7. The van der Waals surface area contributed by atoms with Crippen LogP contribution in [0.25, 0.3) is 0 Å². The van der Waals surface area contributed by atoms with E-state index in [0.29, 0.717) is 10.2 Å². The molecule has 2 rings (SSSR count). The average Bonchev–Trinajstić information content (AvgIpc) is 2.30. The summed E-state index contributed by atoms with van der Waals surface area (Å²) in [5.41, 5.74) is 0.0148. The molecule has 2 aromatic heterocycles. The summed E-state index contributed by atoms with van der Waals surface area (Å²) in [6.45, 7) is 0. The van der Waals surface area contributed by atoms with Crippen LogP contribution in [-0.4, -0.2) is 26.0 Å². The van der Waals surface area contributed by atoms with Crippen LogP contribution in [0.1, 0.15) is 10.5 Å². The van der Waals surface area contributed by atoms with Crippen LogP contribution < -0.4 is 0 Å². The highest BCUT2D eigenvalue weighted by atomic mass is 32.2. The maximum Gasteiger partial charge on any atom is 0.354 e. The quantitative estimate of drug-likeness (QED) is 0.813. The summed E-state index contributed by atoms with van der Waals surface area (Å²) < 4.78 is 0. The highest BCUT2D eigenvalue weighted by Crippen LogP contribution is 2.21. The van der Waals surface area contributed by atoms with E-state index in [1.807, 2.05) is 0 Å². The van der Waals surface area contributed by atoms with Crippen molar-refractivity contribution in [1.82, 2.24) is 15.0 Å². The Bertz CT molecular complexity index is 504. The predicted molar refractivity (Wildman–Crippen MR) is 57.4 cm³/mol. The van der Waals surface area contributed by atoms with Gasteiger partial charge in [-0.25, -0.2) is 19.7 Å². The molecule has 0 amide bonds. The van der Waals surface area contributed by atoms with Crippen molar-refractivity contribution >= 4 is 17.7 Å². The molecule has 0 bridgehead atoms. The number of carbonyl (C=O) groups is 1. The minimum Gasteiger partial charge on any atom is -0.477 e. The first-order valence-corrected chi connectivity index (χ1v) is 5.22. The second kappa shape index (κ2) is 4.71. The average molecular weight is 233 g/mol. The van der Waals surface area contributed by atoms with Crippen LogP contribution in [0.5, 0.6) is 0 Å². The number of rotatable bonds is 3. The lowest BCUT2D eigenvalue weighted by Crippen LogP contribution is -2.00. The monoisotopic (exact) mass is 233 g/mol. The summed E-state index contributed by atoms with van der Waals surface area (Å²) in [5.74, 6) is -1.04. The first kappa shape index (κ1) is 10.6. The Kier molecular flexibility index (Phi) is 3.11. The Morgan fingerprint density at radius 1 is 1.19 bits per heavy atom. The number of hydrogen-bond donors (Lipinski definition) is 1. The topological polar surface area (TPSA) is 76.0 Å². The lowest BCUT2D eigenvalue weighted by molar-refractivity contribution is 0.0689. The van der Waals surface area contributed by atoms with Gasteiger partial charge in [-0.1, -0.05) is 6.07 Å². The van der Waals surface area contributed by atoms with E-state index in [1.165, 1.54) is 17.8 Å². The van der Waals surface area contributed by atoms with Gasteiger partial charge in [-0.15, -0.1) is 0 Å². The molecule has 5 nitrogen and oxygen atoms in total. The minimum atomic E-state index is -1.04. The van der Waals surface area contributed by atoms with Crippen molar-refractivity contribution in [1.29, 1.82) is 0 Å². The normalized spacial score (nSPS) is 10.0. The van der Waals surface area contributed by atoms with Crippen molar-refractivity contribution in [3.63, 3.8) is 0 Å². The highest BCUT2D eigenvalue weighted by molar-refractivity contribution is 7.99. The molecule has 2 aromatic rings. The van der Waals surface area contributed by atoms with Crippen molar-refractivity contribution in [2.24, 2.45) is 0 Å². The second-order valence-electron chi connectivity index (χ2n) is 2.80. The maximum absolute atomic E-state index is 10.7. The fourth-order valence-electron chi connectivity index (χ4n) is 1.02. The van der Waals surface area contributed by atoms with Gasteiger partial charge in [0, 0.05) is 12.4 Å². The first-order chi connectivity index (χ1) is 7.75. The van der Waals surface area contributed by atoms with Crippen LogP contribution in [0.2, 0.25) is 0 Å². The minimum absolute atomic E-state index is 0.0148. The van der Waals surface area contributed by atoms with E-state index in [0.717, 1.165) is 0 Å². The largest absolute Gasteiger partial charge is 0.477 e. The van der Waals surface area contributed by atoms with Crippen LogP contribution in [0.3, 0.4) is 0 Å². The van der Waals surface area contributed by atoms with Crippen molar-refractivity contribution in [2.75, 3.05) is 0 Å². The zero-order valence-electron chi connectivity index (χ0n) is 8.07. The van der Waals surface area contributed by atoms with Crippen molar-refractivity contribution in [2.45, 2.75) is 10.2 Å². The Morgan fingerprint density at radius 2 is 1.94 bits per heavy atom. The molecule has 0 aliphatic rings. The molecular formula is C10H7N3O2S. The van der Waals surface area contributed by atoms with Gasteiger partial charge in [0.2, 0.25) is 0 Å². The lowest BCUT2D eigenvalue weighted by atomic mass is 10.4. The smallest absolute Gasteiger partial charge is 0.354 e. The molecule has 0 unspecified atom stereocenters. The zero-order chi connectivity index (χ0) is 11.4. The second-order valence-corrected chi connectivity index (χ2v) is 3.79. The van der Waals surface area contributed by atoms with E-state index < -0.39 is 5.97 Å². The van der Waals surface area contributed by atoms with E-state index in [4.69, 9.17) is 5.11 Å². The molecule has 2 heterocycles. The van der Waals surface area contributed by atoms with E-state index in [9.17, 15) is 4.79 Å². The number of nitrogens with zero attached hydrogens (tertiary/aromatic N) is 3. The van der Waals surface area contributed by atoms with Gasteiger partial charge in [0.1, 0.15) is 10.7 Å². The summed E-state index contributed by atoms with van der Waals surface area (Å²) >= 11 is 1.22. The molecule has 6 heteroatoms. The molecule has 0 spiro atoms. The standard InChI is InChI=1S/C10H7N3O2S/c14-9(15)7-3-1-4-8(13-7)16-10-11-5-2-6-12-10/h1-6H,(H,14,15). The molecular weight excluding hydrogens is 226 g/mol. The third-order valence-electron chi connectivity index (χ3n) is 1.68. The van der Waals surface area contributed by atoms with Gasteiger partial charge >= 0.3 is 5.97 Å². The predicted octanol–water partition coefficient (Wildman–Crippen LogP) is 1.72. The molecule has 0 atom stereocenters. The van der Waals surface area contributed by atoms with Crippen molar-refractivity contribution < 1.29 is 9.90 Å². The Morgan fingerprint density at radius 3 is 2.62 bits per heavy atom. The Balaban J connectivity index is 2.22. The van der Waals surface area contributed by atoms with Gasteiger partial charge in [0.05, 0.1) is 0 Å². The highest BCUT2D eigenvalue weighted by Gasteiger charge is 2.06. The lowest BCUT2D eigenvalue weighted by Gasteiger charge is -1.99. The third-order valence-corrected chi connectivity index (χ3v) is 2.51. The molecule has 0 aromatic carbocycles. The number of carboxylic acids is 1. The zero-order valence-corrected chi connectivity index (χ0v) is 8.89. The van der Waals surface area contributed by atoms with E-state index in [2.05, 4.69) is 15.0 Å². The molecule has 0 fully saturated rings.